The van der Waals surface area contributed by atoms with E-state index in [0.717, 1.165) is 56.1 Å². The van der Waals surface area contributed by atoms with Gasteiger partial charge in [-0.25, -0.2) is 4.98 Å². The first-order valence-electron chi connectivity index (χ1n) is 11.5. The lowest BCUT2D eigenvalue weighted by atomic mass is 9.94. The van der Waals surface area contributed by atoms with Crippen molar-refractivity contribution in [1.82, 2.24) is 19.7 Å². The SMILES string of the molecule is O=C(c1ccc(Cl)cc1)N1CCC(C(=O)N2CCN(Cc3nc4ccccc4s3)CC2)CC1. The van der Waals surface area contributed by atoms with Gasteiger partial charge >= 0.3 is 0 Å². The summed E-state index contributed by atoms with van der Waals surface area (Å²) < 4.78 is 1.22. The average molecular weight is 483 g/mol. The van der Waals surface area contributed by atoms with E-state index in [2.05, 4.69) is 17.0 Å². The van der Waals surface area contributed by atoms with Crippen molar-refractivity contribution >= 4 is 45.0 Å². The van der Waals surface area contributed by atoms with E-state index in [1.807, 2.05) is 21.9 Å². The predicted octanol–water partition coefficient (Wildman–Crippen LogP) is 4.15. The molecule has 0 N–H and O–H groups in total. The molecule has 8 heteroatoms. The zero-order valence-corrected chi connectivity index (χ0v) is 20.0. The Balaban J connectivity index is 1.09. The van der Waals surface area contributed by atoms with Crippen molar-refractivity contribution in [2.45, 2.75) is 19.4 Å². The molecule has 6 nitrogen and oxygen atoms in total. The van der Waals surface area contributed by atoms with Gasteiger partial charge < -0.3 is 9.80 Å². The Morgan fingerprint density at radius 2 is 1.61 bits per heavy atom. The van der Waals surface area contributed by atoms with Crippen molar-refractivity contribution in [2.75, 3.05) is 39.3 Å². The normalized spacial score (nSPS) is 18.1. The van der Waals surface area contributed by atoms with Crippen LogP contribution < -0.4 is 0 Å². The van der Waals surface area contributed by atoms with Gasteiger partial charge in [-0.05, 0) is 49.2 Å². The van der Waals surface area contributed by atoms with Crippen LogP contribution in [0.15, 0.2) is 48.5 Å². The van der Waals surface area contributed by atoms with Gasteiger partial charge in [-0.15, -0.1) is 11.3 Å². The molecule has 2 amide bonds. The number of benzene rings is 2. The summed E-state index contributed by atoms with van der Waals surface area (Å²) in [6.07, 6.45) is 1.45. The largest absolute Gasteiger partial charge is 0.340 e. The highest BCUT2D eigenvalue weighted by Crippen LogP contribution is 2.25. The number of aromatic nitrogens is 1. The molecule has 0 atom stereocenters. The third-order valence-electron chi connectivity index (χ3n) is 6.60. The molecule has 3 heterocycles. The Labute approximate surface area is 202 Å². The number of para-hydroxylation sites is 1. The molecule has 2 fully saturated rings. The number of piperidine rings is 1. The second-order valence-electron chi connectivity index (χ2n) is 8.75. The Morgan fingerprint density at radius 3 is 2.30 bits per heavy atom. The van der Waals surface area contributed by atoms with Crippen molar-refractivity contribution in [1.29, 1.82) is 0 Å². The van der Waals surface area contributed by atoms with Crippen LogP contribution >= 0.6 is 22.9 Å². The van der Waals surface area contributed by atoms with Gasteiger partial charge in [0.2, 0.25) is 5.91 Å². The predicted molar refractivity (Wildman–Crippen MR) is 132 cm³/mol. The number of likely N-dealkylation sites (tertiary alicyclic amines) is 1. The molecule has 0 radical (unpaired) electrons. The number of amides is 2. The second kappa shape index (κ2) is 9.79. The smallest absolute Gasteiger partial charge is 0.253 e. The Hall–Kier alpha value is -2.48. The lowest BCUT2D eigenvalue weighted by Gasteiger charge is -2.38. The van der Waals surface area contributed by atoms with Crippen molar-refractivity contribution in [3.63, 3.8) is 0 Å². The molecular weight excluding hydrogens is 456 g/mol. The molecule has 3 aromatic rings. The number of thiazole rings is 1. The highest BCUT2D eigenvalue weighted by Gasteiger charge is 2.32. The molecule has 0 bridgehead atoms. The van der Waals surface area contributed by atoms with Gasteiger partial charge in [0.25, 0.3) is 5.91 Å². The van der Waals surface area contributed by atoms with E-state index < -0.39 is 0 Å². The minimum atomic E-state index is 0.00933. The average Bonchev–Trinajstić information content (AvgIpc) is 3.26. The molecule has 5 rings (SSSR count). The number of carbonyl (C=O) groups is 2. The number of fused-ring (bicyclic) bond motifs is 1. The lowest BCUT2D eigenvalue weighted by molar-refractivity contribution is -0.138. The number of carbonyl (C=O) groups excluding carboxylic acids is 2. The van der Waals surface area contributed by atoms with Crippen LogP contribution in [-0.4, -0.2) is 70.8 Å². The second-order valence-corrected chi connectivity index (χ2v) is 10.3. The van der Waals surface area contributed by atoms with E-state index in [0.29, 0.717) is 23.7 Å². The van der Waals surface area contributed by atoms with E-state index in [-0.39, 0.29) is 17.7 Å². The van der Waals surface area contributed by atoms with Crippen molar-refractivity contribution in [3.8, 4) is 0 Å². The summed E-state index contributed by atoms with van der Waals surface area (Å²) in [6.45, 7) is 5.34. The first kappa shape index (κ1) is 22.3. The van der Waals surface area contributed by atoms with Gasteiger partial charge in [0.1, 0.15) is 5.01 Å². The zero-order chi connectivity index (χ0) is 22.8. The maximum atomic E-state index is 13.1. The van der Waals surface area contributed by atoms with Gasteiger partial charge in [0, 0.05) is 55.8 Å². The molecule has 2 aliphatic rings. The van der Waals surface area contributed by atoms with Crippen LogP contribution in [-0.2, 0) is 11.3 Å². The van der Waals surface area contributed by atoms with Crippen LogP contribution in [0.1, 0.15) is 28.2 Å². The fourth-order valence-corrected chi connectivity index (χ4v) is 5.80. The monoisotopic (exact) mass is 482 g/mol. The van der Waals surface area contributed by atoms with Crippen LogP contribution in [0.4, 0.5) is 0 Å². The molecule has 2 saturated heterocycles. The van der Waals surface area contributed by atoms with Gasteiger partial charge in [-0.2, -0.15) is 0 Å². The molecule has 0 unspecified atom stereocenters. The molecule has 2 aliphatic heterocycles. The molecular formula is C25H27ClN4O2S. The van der Waals surface area contributed by atoms with E-state index >= 15 is 0 Å². The summed E-state index contributed by atoms with van der Waals surface area (Å²) >= 11 is 7.67. The molecule has 0 spiro atoms. The summed E-state index contributed by atoms with van der Waals surface area (Å²) in [6, 6.07) is 15.2. The van der Waals surface area contributed by atoms with Gasteiger partial charge in [0.05, 0.1) is 16.8 Å². The number of hydrogen-bond acceptors (Lipinski definition) is 5. The van der Waals surface area contributed by atoms with Crippen molar-refractivity contribution in [3.05, 3.63) is 64.1 Å². The third-order valence-corrected chi connectivity index (χ3v) is 7.88. The summed E-state index contributed by atoms with van der Waals surface area (Å²) in [5.74, 6) is 0.268. The van der Waals surface area contributed by atoms with Gasteiger partial charge in [-0.1, -0.05) is 23.7 Å². The minimum Gasteiger partial charge on any atom is -0.340 e. The van der Waals surface area contributed by atoms with Crippen LogP contribution in [0.25, 0.3) is 10.2 Å². The fourth-order valence-electron chi connectivity index (χ4n) is 4.67. The van der Waals surface area contributed by atoms with E-state index in [9.17, 15) is 9.59 Å². The quantitative estimate of drug-likeness (QED) is 0.560. The summed E-state index contributed by atoms with van der Waals surface area (Å²) in [5.41, 5.74) is 1.71. The molecule has 0 saturated carbocycles. The first-order chi connectivity index (χ1) is 16.1. The minimum absolute atomic E-state index is 0.00933. The molecule has 1 aromatic heterocycles. The van der Waals surface area contributed by atoms with E-state index in [4.69, 9.17) is 16.6 Å². The zero-order valence-electron chi connectivity index (χ0n) is 18.5. The number of halogens is 1. The van der Waals surface area contributed by atoms with Crippen molar-refractivity contribution in [2.24, 2.45) is 5.92 Å². The Bertz CT molecular complexity index is 1100. The summed E-state index contributed by atoms with van der Waals surface area (Å²) in [5, 5.41) is 1.75. The highest BCUT2D eigenvalue weighted by atomic mass is 35.5. The van der Waals surface area contributed by atoms with Gasteiger partial charge in [0.15, 0.2) is 0 Å². The third kappa shape index (κ3) is 5.05. The topological polar surface area (TPSA) is 56.8 Å². The Kier molecular flexibility index (Phi) is 6.62. The lowest BCUT2D eigenvalue weighted by Crippen LogP contribution is -2.51. The van der Waals surface area contributed by atoms with Crippen LogP contribution in [0.3, 0.4) is 0 Å². The number of nitrogens with zero attached hydrogens (tertiary/aromatic N) is 4. The van der Waals surface area contributed by atoms with E-state index in [1.54, 1.807) is 35.6 Å². The van der Waals surface area contributed by atoms with Crippen LogP contribution in [0.5, 0.6) is 0 Å². The number of rotatable bonds is 4. The Morgan fingerprint density at radius 1 is 0.909 bits per heavy atom. The summed E-state index contributed by atoms with van der Waals surface area (Å²) in [4.78, 5) is 36.8. The molecule has 2 aromatic carbocycles. The molecule has 33 heavy (non-hydrogen) atoms. The number of hydrogen-bond donors (Lipinski definition) is 0. The maximum Gasteiger partial charge on any atom is 0.253 e. The van der Waals surface area contributed by atoms with Crippen molar-refractivity contribution < 1.29 is 9.59 Å². The molecule has 172 valence electrons. The summed E-state index contributed by atoms with van der Waals surface area (Å²) in [7, 11) is 0. The van der Waals surface area contributed by atoms with E-state index in [1.165, 1.54) is 4.70 Å². The standard InChI is InChI=1S/C25H27ClN4O2S/c26-20-7-5-18(6-8-20)24(31)29-11-9-19(10-12-29)25(32)30-15-13-28(14-16-30)17-23-27-21-3-1-2-4-22(21)33-23/h1-8,19H,9-17H2. The highest BCUT2D eigenvalue weighted by molar-refractivity contribution is 7.18. The number of piperazine rings is 1. The molecule has 0 aliphatic carbocycles. The maximum absolute atomic E-state index is 13.1. The van der Waals surface area contributed by atoms with Crippen LogP contribution in [0.2, 0.25) is 5.02 Å². The van der Waals surface area contributed by atoms with Gasteiger partial charge in [-0.3, -0.25) is 14.5 Å². The first-order valence-corrected chi connectivity index (χ1v) is 12.7. The fraction of sp³-hybridized carbons (Fsp3) is 0.400. The van der Waals surface area contributed by atoms with Crippen LogP contribution in [0, 0.1) is 5.92 Å².